The number of nitrogens with zero attached hydrogens (tertiary/aromatic N) is 2. The number of aromatic nitrogens is 2. The zero-order valence-corrected chi connectivity index (χ0v) is 13.2. The molecular formula is C17H18F3N3O. The van der Waals surface area contributed by atoms with Gasteiger partial charge in [0.25, 0.3) is 0 Å². The van der Waals surface area contributed by atoms with Crippen LogP contribution in [0.2, 0.25) is 0 Å². The van der Waals surface area contributed by atoms with Crippen molar-refractivity contribution in [1.82, 2.24) is 9.55 Å². The molecule has 1 heterocycles. The number of ether oxygens (including phenoxy) is 1. The van der Waals surface area contributed by atoms with Gasteiger partial charge in [-0.25, -0.2) is 4.98 Å². The van der Waals surface area contributed by atoms with Crippen molar-refractivity contribution in [3.63, 3.8) is 0 Å². The van der Waals surface area contributed by atoms with Crippen molar-refractivity contribution < 1.29 is 17.9 Å². The van der Waals surface area contributed by atoms with Gasteiger partial charge < -0.3 is 15.0 Å². The van der Waals surface area contributed by atoms with E-state index < -0.39 is 11.7 Å². The number of alkyl halides is 3. The Morgan fingerprint density at radius 1 is 1.42 bits per heavy atom. The number of nitrogens with two attached hydrogens (primary N) is 1. The Bertz CT molecular complexity index is 816. The number of fused-ring (bicyclic) bond motifs is 1. The number of hydrogen-bond donors (Lipinski definition) is 1. The number of halogens is 3. The molecule has 0 radical (unpaired) electrons. The molecule has 128 valence electrons. The minimum Gasteiger partial charge on any atom is -0.488 e. The molecule has 0 aliphatic heterocycles. The average Bonchev–Trinajstić information content (AvgIpc) is 2.81. The third-order valence-corrected chi connectivity index (χ3v) is 4.27. The fourth-order valence-electron chi connectivity index (χ4n) is 2.64. The second-order valence-corrected chi connectivity index (χ2v) is 5.88. The molecule has 0 bridgehead atoms. The van der Waals surface area contributed by atoms with E-state index in [9.17, 15) is 13.2 Å². The SMILES string of the molecule is C=C(/C(=C\N)OC1CCC1)c1nc2cc(C(F)(F)F)ccc2n1C. The van der Waals surface area contributed by atoms with E-state index >= 15 is 0 Å². The van der Waals surface area contributed by atoms with Crippen LogP contribution in [0.1, 0.15) is 30.7 Å². The molecule has 1 aliphatic rings. The standard InChI is InChI=1S/C17H18F3N3O/c1-10(15(9-21)24-12-4-3-5-12)16-22-13-8-11(17(18,19)20)6-7-14(13)23(16)2/h6-9,12H,1,3-5,21H2,2H3/b15-9+. The van der Waals surface area contributed by atoms with Crippen LogP contribution in [0, 0.1) is 0 Å². The molecule has 2 N–H and O–H groups in total. The maximum atomic E-state index is 12.9. The van der Waals surface area contributed by atoms with Gasteiger partial charge in [0.1, 0.15) is 11.6 Å². The summed E-state index contributed by atoms with van der Waals surface area (Å²) in [5.74, 6) is 0.842. The molecule has 1 aromatic carbocycles. The molecule has 0 amide bonds. The van der Waals surface area contributed by atoms with Crippen LogP contribution in [0.5, 0.6) is 0 Å². The largest absolute Gasteiger partial charge is 0.488 e. The molecule has 0 unspecified atom stereocenters. The predicted molar refractivity (Wildman–Crippen MR) is 85.7 cm³/mol. The van der Waals surface area contributed by atoms with E-state index in [0.29, 0.717) is 22.7 Å². The molecule has 1 saturated carbocycles. The smallest absolute Gasteiger partial charge is 0.416 e. The van der Waals surface area contributed by atoms with Gasteiger partial charge in [-0.3, -0.25) is 0 Å². The zero-order chi connectivity index (χ0) is 17.5. The highest BCUT2D eigenvalue weighted by molar-refractivity contribution is 5.83. The van der Waals surface area contributed by atoms with Crippen LogP contribution in [0.15, 0.2) is 36.7 Å². The number of hydrogen-bond acceptors (Lipinski definition) is 3. The summed E-state index contributed by atoms with van der Waals surface area (Å²) in [7, 11) is 1.72. The summed E-state index contributed by atoms with van der Waals surface area (Å²) in [4.78, 5) is 4.29. The van der Waals surface area contributed by atoms with Crippen molar-refractivity contribution in [3.8, 4) is 0 Å². The van der Waals surface area contributed by atoms with Crippen molar-refractivity contribution >= 4 is 16.6 Å². The summed E-state index contributed by atoms with van der Waals surface area (Å²) in [5.41, 5.74) is 6.19. The minimum absolute atomic E-state index is 0.114. The summed E-state index contributed by atoms with van der Waals surface area (Å²) < 4.78 is 46.0. The van der Waals surface area contributed by atoms with Gasteiger partial charge in [-0.1, -0.05) is 6.58 Å². The van der Waals surface area contributed by atoms with Crippen molar-refractivity contribution in [1.29, 1.82) is 0 Å². The first kappa shape index (κ1) is 16.4. The van der Waals surface area contributed by atoms with Crippen LogP contribution in [0.3, 0.4) is 0 Å². The molecule has 3 rings (SSSR count). The van der Waals surface area contributed by atoms with Gasteiger partial charge in [-0.2, -0.15) is 13.2 Å². The number of benzene rings is 1. The second kappa shape index (κ2) is 5.89. The molecule has 24 heavy (non-hydrogen) atoms. The maximum absolute atomic E-state index is 12.9. The lowest BCUT2D eigenvalue weighted by molar-refractivity contribution is -0.137. The Kier molecular flexibility index (Phi) is 4.03. The highest BCUT2D eigenvalue weighted by atomic mass is 19.4. The van der Waals surface area contributed by atoms with Gasteiger partial charge in [0.2, 0.25) is 0 Å². The van der Waals surface area contributed by atoms with Crippen LogP contribution in [-0.4, -0.2) is 15.7 Å². The molecule has 7 heteroatoms. The lowest BCUT2D eigenvalue weighted by atomic mass is 9.96. The first-order valence-electron chi connectivity index (χ1n) is 7.63. The van der Waals surface area contributed by atoms with E-state index in [1.165, 1.54) is 12.3 Å². The molecule has 0 saturated heterocycles. The second-order valence-electron chi connectivity index (χ2n) is 5.88. The lowest BCUT2D eigenvalue weighted by Gasteiger charge is -2.28. The van der Waals surface area contributed by atoms with Crippen molar-refractivity contribution in [2.45, 2.75) is 31.5 Å². The third-order valence-electron chi connectivity index (χ3n) is 4.27. The molecule has 1 fully saturated rings. The van der Waals surface area contributed by atoms with Crippen LogP contribution in [0.4, 0.5) is 13.2 Å². The Morgan fingerprint density at radius 3 is 2.67 bits per heavy atom. The van der Waals surface area contributed by atoms with E-state index in [0.717, 1.165) is 31.4 Å². The van der Waals surface area contributed by atoms with Gasteiger partial charge in [-0.15, -0.1) is 0 Å². The summed E-state index contributed by atoms with van der Waals surface area (Å²) in [6.07, 6.45) is 0.0637. The Balaban J connectivity index is 1.96. The van der Waals surface area contributed by atoms with E-state index in [1.54, 1.807) is 11.6 Å². The Morgan fingerprint density at radius 2 is 2.12 bits per heavy atom. The van der Waals surface area contributed by atoms with Crippen LogP contribution in [-0.2, 0) is 18.0 Å². The maximum Gasteiger partial charge on any atom is 0.416 e. The lowest BCUT2D eigenvalue weighted by Crippen LogP contribution is -2.22. The number of aryl methyl sites for hydroxylation is 1. The van der Waals surface area contributed by atoms with Crippen molar-refractivity contribution in [3.05, 3.63) is 48.1 Å². The highest BCUT2D eigenvalue weighted by Crippen LogP contribution is 2.33. The number of allylic oxidation sites excluding steroid dienone is 1. The highest BCUT2D eigenvalue weighted by Gasteiger charge is 2.31. The van der Waals surface area contributed by atoms with Gasteiger partial charge in [0.05, 0.1) is 28.3 Å². The van der Waals surface area contributed by atoms with Crippen LogP contribution < -0.4 is 5.73 Å². The van der Waals surface area contributed by atoms with Crippen LogP contribution >= 0.6 is 0 Å². The third kappa shape index (κ3) is 2.86. The van der Waals surface area contributed by atoms with Crippen LogP contribution in [0.25, 0.3) is 16.6 Å². The molecule has 2 aromatic rings. The summed E-state index contributed by atoms with van der Waals surface area (Å²) in [6, 6.07) is 3.48. The number of imidazole rings is 1. The monoisotopic (exact) mass is 337 g/mol. The first-order valence-corrected chi connectivity index (χ1v) is 7.63. The first-order chi connectivity index (χ1) is 11.3. The fourth-order valence-corrected chi connectivity index (χ4v) is 2.64. The van der Waals surface area contributed by atoms with E-state index in [4.69, 9.17) is 10.5 Å². The molecular weight excluding hydrogens is 319 g/mol. The summed E-state index contributed by atoms with van der Waals surface area (Å²) in [6.45, 7) is 3.96. The van der Waals surface area contributed by atoms with Gasteiger partial charge >= 0.3 is 6.18 Å². The van der Waals surface area contributed by atoms with Crippen molar-refractivity contribution in [2.75, 3.05) is 0 Å². The predicted octanol–water partition coefficient (Wildman–Crippen LogP) is 3.97. The number of rotatable bonds is 4. The Labute approximate surface area is 137 Å². The van der Waals surface area contributed by atoms with Gasteiger partial charge in [-0.05, 0) is 37.5 Å². The molecule has 1 aliphatic carbocycles. The van der Waals surface area contributed by atoms with E-state index in [2.05, 4.69) is 11.6 Å². The zero-order valence-electron chi connectivity index (χ0n) is 13.2. The van der Waals surface area contributed by atoms with Gasteiger partial charge in [0, 0.05) is 13.2 Å². The Hall–Kier alpha value is -2.44. The molecule has 0 spiro atoms. The molecule has 1 aromatic heterocycles. The quantitative estimate of drug-likeness (QED) is 0.678. The summed E-state index contributed by atoms with van der Waals surface area (Å²) >= 11 is 0. The molecule has 0 atom stereocenters. The van der Waals surface area contributed by atoms with Crippen molar-refractivity contribution in [2.24, 2.45) is 12.8 Å². The van der Waals surface area contributed by atoms with E-state index in [1.807, 2.05) is 0 Å². The van der Waals surface area contributed by atoms with E-state index in [-0.39, 0.29) is 11.6 Å². The minimum atomic E-state index is -4.40. The molecule has 4 nitrogen and oxygen atoms in total. The fraction of sp³-hybridized carbons (Fsp3) is 0.353. The normalized spacial score (nSPS) is 16.2. The average molecular weight is 337 g/mol. The van der Waals surface area contributed by atoms with Gasteiger partial charge in [0.15, 0.2) is 0 Å². The summed E-state index contributed by atoms with van der Waals surface area (Å²) in [5, 5.41) is 0. The topological polar surface area (TPSA) is 53.1 Å².